The van der Waals surface area contributed by atoms with Gasteiger partial charge < -0.3 is 4.74 Å². The minimum atomic E-state index is -0.273. The van der Waals surface area contributed by atoms with E-state index in [2.05, 4.69) is 24.0 Å². The molecule has 0 unspecified atom stereocenters. The highest BCUT2D eigenvalue weighted by molar-refractivity contribution is 8.00. The number of carbonyl (C=O) groups excluding carboxylic acids is 1. The van der Waals surface area contributed by atoms with E-state index in [1.165, 1.54) is 42.2 Å². The largest absolute Gasteiger partial charge is 0.468 e. The fraction of sp³-hybridized carbons (Fsp3) is 0.529. The first kappa shape index (κ1) is 18.1. The zero-order chi connectivity index (χ0) is 18.3. The molecular formula is C17H20N4O2S3. The molecule has 0 fully saturated rings. The first-order chi connectivity index (χ1) is 12.6. The Bertz CT molecular complexity index is 980. The van der Waals surface area contributed by atoms with Crippen LogP contribution in [0.2, 0.25) is 0 Å². The third-order valence-corrected chi connectivity index (χ3v) is 7.40. The van der Waals surface area contributed by atoms with Crippen LogP contribution in [0, 0.1) is 0 Å². The molecule has 0 amide bonds. The third kappa shape index (κ3) is 3.20. The van der Waals surface area contributed by atoms with Crippen molar-refractivity contribution in [1.29, 1.82) is 0 Å². The van der Waals surface area contributed by atoms with E-state index in [9.17, 15) is 4.79 Å². The summed E-state index contributed by atoms with van der Waals surface area (Å²) in [5, 5.41) is 10.8. The minimum Gasteiger partial charge on any atom is -0.468 e. The van der Waals surface area contributed by atoms with E-state index in [1.807, 2.05) is 4.40 Å². The maximum absolute atomic E-state index is 11.5. The smallest absolute Gasteiger partial charge is 0.316 e. The van der Waals surface area contributed by atoms with Crippen molar-refractivity contribution in [3.05, 3.63) is 10.4 Å². The highest BCUT2D eigenvalue weighted by Crippen LogP contribution is 2.39. The van der Waals surface area contributed by atoms with Crippen LogP contribution in [0.5, 0.6) is 0 Å². The lowest BCUT2D eigenvalue weighted by Gasteiger charge is -2.11. The number of carbonyl (C=O) groups is 1. The van der Waals surface area contributed by atoms with Gasteiger partial charge in [-0.2, -0.15) is 0 Å². The van der Waals surface area contributed by atoms with Gasteiger partial charge in [0.15, 0.2) is 16.0 Å². The van der Waals surface area contributed by atoms with Crippen LogP contribution in [0.1, 0.15) is 37.1 Å². The summed E-state index contributed by atoms with van der Waals surface area (Å²) in [6, 6.07) is 0. The lowest BCUT2D eigenvalue weighted by Crippen LogP contribution is -2.05. The van der Waals surface area contributed by atoms with Crippen molar-refractivity contribution >= 4 is 56.7 Å². The van der Waals surface area contributed by atoms with Crippen LogP contribution in [-0.2, 0) is 22.4 Å². The molecular weight excluding hydrogens is 388 g/mol. The summed E-state index contributed by atoms with van der Waals surface area (Å²) in [7, 11) is 1.39. The second-order valence-corrected chi connectivity index (χ2v) is 10.0. The number of hydrogen-bond acceptors (Lipinski definition) is 8. The quantitative estimate of drug-likeness (QED) is 0.359. The number of thioether (sulfide) groups is 2. The van der Waals surface area contributed by atoms with Gasteiger partial charge in [0.1, 0.15) is 0 Å². The van der Waals surface area contributed by atoms with Gasteiger partial charge in [-0.05, 0) is 31.2 Å². The van der Waals surface area contributed by atoms with Crippen molar-refractivity contribution in [1.82, 2.24) is 19.6 Å². The van der Waals surface area contributed by atoms with Gasteiger partial charge in [0, 0.05) is 10.1 Å². The lowest BCUT2D eigenvalue weighted by atomic mass is 9.98. The van der Waals surface area contributed by atoms with Crippen LogP contribution in [-0.4, -0.2) is 43.7 Å². The number of aromatic nitrogens is 4. The van der Waals surface area contributed by atoms with Crippen LogP contribution >= 0.6 is 34.9 Å². The Kier molecular flexibility index (Phi) is 5.11. The van der Waals surface area contributed by atoms with E-state index < -0.39 is 0 Å². The summed E-state index contributed by atoms with van der Waals surface area (Å²) in [4.78, 5) is 18.0. The first-order valence-corrected chi connectivity index (χ1v) is 11.3. The van der Waals surface area contributed by atoms with Crippen LogP contribution < -0.4 is 0 Å². The van der Waals surface area contributed by atoms with E-state index in [1.54, 1.807) is 23.1 Å². The van der Waals surface area contributed by atoms with Crippen molar-refractivity contribution in [2.45, 2.75) is 55.1 Å². The molecule has 3 heterocycles. The number of thiophene rings is 1. The molecule has 0 spiro atoms. The van der Waals surface area contributed by atoms with Crippen molar-refractivity contribution < 1.29 is 9.53 Å². The Hall–Kier alpha value is -1.32. The zero-order valence-electron chi connectivity index (χ0n) is 14.9. The van der Waals surface area contributed by atoms with E-state index in [0.29, 0.717) is 10.4 Å². The molecule has 0 aromatic carbocycles. The molecule has 0 saturated carbocycles. The lowest BCUT2D eigenvalue weighted by molar-refractivity contribution is -0.137. The van der Waals surface area contributed by atoms with Crippen molar-refractivity contribution in [3.8, 4) is 0 Å². The summed E-state index contributed by atoms with van der Waals surface area (Å²) >= 11 is 4.85. The van der Waals surface area contributed by atoms with E-state index in [-0.39, 0.29) is 11.7 Å². The summed E-state index contributed by atoms with van der Waals surface area (Å²) in [6.07, 6.45) is 4.71. The molecule has 9 heteroatoms. The highest BCUT2D eigenvalue weighted by Gasteiger charge is 2.24. The van der Waals surface area contributed by atoms with Gasteiger partial charge >= 0.3 is 5.97 Å². The number of hydrogen-bond donors (Lipinski definition) is 0. The Morgan fingerprint density at radius 2 is 2.08 bits per heavy atom. The average Bonchev–Trinajstić information content (AvgIpc) is 3.21. The third-order valence-electron chi connectivity index (χ3n) is 4.27. The summed E-state index contributed by atoms with van der Waals surface area (Å²) < 4.78 is 7.86. The van der Waals surface area contributed by atoms with Crippen molar-refractivity contribution in [2.24, 2.45) is 0 Å². The summed E-state index contributed by atoms with van der Waals surface area (Å²) in [5.41, 5.74) is 3.35. The van der Waals surface area contributed by atoms with Gasteiger partial charge in [-0.3, -0.25) is 4.79 Å². The van der Waals surface area contributed by atoms with Gasteiger partial charge in [-0.15, -0.1) is 21.5 Å². The summed E-state index contributed by atoms with van der Waals surface area (Å²) in [5.74, 6) is -0.0624. The second-order valence-electron chi connectivity index (χ2n) is 6.46. The SMILES string of the molecule is COC(=O)CSc1nnc2c3sc4c(c3nc(SC(C)C)n12)CCCC4. The molecule has 1 aliphatic rings. The number of nitrogens with zero attached hydrogens (tertiary/aromatic N) is 4. The molecule has 0 radical (unpaired) electrons. The highest BCUT2D eigenvalue weighted by atomic mass is 32.2. The van der Waals surface area contributed by atoms with Crippen molar-refractivity contribution in [3.63, 3.8) is 0 Å². The second kappa shape index (κ2) is 7.36. The Morgan fingerprint density at radius 1 is 1.27 bits per heavy atom. The molecule has 3 aromatic heterocycles. The number of ether oxygens (including phenoxy) is 1. The first-order valence-electron chi connectivity index (χ1n) is 8.64. The molecule has 4 rings (SSSR count). The minimum absolute atomic E-state index is 0.210. The predicted molar refractivity (Wildman–Crippen MR) is 107 cm³/mol. The van der Waals surface area contributed by atoms with Gasteiger partial charge in [0.25, 0.3) is 0 Å². The fourth-order valence-electron chi connectivity index (χ4n) is 3.12. The molecule has 0 atom stereocenters. The predicted octanol–water partition coefficient (Wildman–Crippen LogP) is 3.98. The average molecular weight is 409 g/mol. The molecule has 0 bridgehead atoms. The Balaban J connectivity index is 1.89. The maximum atomic E-state index is 11.5. The monoisotopic (exact) mass is 408 g/mol. The summed E-state index contributed by atoms with van der Waals surface area (Å²) in [6.45, 7) is 4.30. The standard InChI is InChI=1S/C17H20N4O2S3/c1-9(2)25-16-18-13-10-6-4-5-7-11(10)26-14(13)15-19-20-17(21(15)16)24-8-12(22)23-3/h9H,4-8H2,1-3H3. The number of fused-ring (bicyclic) bond motifs is 5. The van der Waals surface area contributed by atoms with E-state index in [0.717, 1.165) is 33.9 Å². The number of rotatable bonds is 5. The Morgan fingerprint density at radius 3 is 2.85 bits per heavy atom. The van der Waals surface area contributed by atoms with Gasteiger partial charge in [0.2, 0.25) is 0 Å². The molecule has 0 saturated heterocycles. The van der Waals surface area contributed by atoms with Crippen LogP contribution in [0.4, 0.5) is 0 Å². The molecule has 1 aliphatic carbocycles. The fourth-order valence-corrected chi connectivity index (χ4v) is 6.09. The van der Waals surface area contributed by atoms with Gasteiger partial charge in [0.05, 0.1) is 23.1 Å². The number of methoxy groups -OCH3 is 1. The maximum Gasteiger partial charge on any atom is 0.316 e. The van der Waals surface area contributed by atoms with Gasteiger partial charge in [-0.25, -0.2) is 9.38 Å². The van der Waals surface area contributed by atoms with Crippen LogP contribution in [0.25, 0.3) is 15.9 Å². The molecule has 0 aliphatic heterocycles. The van der Waals surface area contributed by atoms with Gasteiger partial charge in [-0.1, -0.05) is 37.4 Å². The molecule has 26 heavy (non-hydrogen) atoms. The Labute approximate surface area is 164 Å². The van der Waals surface area contributed by atoms with E-state index in [4.69, 9.17) is 9.72 Å². The van der Waals surface area contributed by atoms with Crippen LogP contribution in [0.15, 0.2) is 10.3 Å². The van der Waals surface area contributed by atoms with Crippen LogP contribution in [0.3, 0.4) is 0 Å². The van der Waals surface area contributed by atoms with Crippen molar-refractivity contribution in [2.75, 3.05) is 12.9 Å². The molecule has 3 aromatic rings. The molecule has 6 nitrogen and oxygen atoms in total. The number of esters is 1. The van der Waals surface area contributed by atoms with E-state index >= 15 is 0 Å². The molecule has 0 N–H and O–H groups in total. The normalized spacial score (nSPS) is 14.3. The topological polar surface area (TPSA) is 69.4 Å². The number of aryl methyl sites for hydroxylation is 2. The zero-order valence-corrected chi connectivity index (χ0v) is 17.4. The molecule has 138 valence electrons.